The Labute approximate surface area is 254 Å². The molecule has 5 aromatic rings. The van der Waals surface area contributed by atoms with Gasteiger partial charge in [-0.1, -0.05) is 78.3 Å². The molecule has 0 saturated heterocycles. The molecule has 1 N–H and O–H groups in total. The Morgan fingerprint density at radius 2 is 1.49 bits per heavy atom. The van der Waals surface area contributed by atoms with Gasteiger partial charge in [0.15, 0.2) is 0 Å². The van der Waals surface area contributed by atoms with Gasteiger partial charge < -0.3 is 14.5 Å². The van der Waals surface area contributed by atoms with Crippen LogP contribution in [0.25, 0.3) is 44.3 Å². The van der Waals surface area contributed by atoms with Gasteiger partial charge in [0.1, 0.15) is 5.75 Å². The molecule has 0 fully saturated rings. The molecule has 5 rings (SSSR count). The van der Waals surface area contributed by atoms with Crippen molar-refractivity contribution in [1.82, 2.24) is 9.88 Å². The van der Waals surface area contributed by atoms with Crippen molar-refractivity contribution >= 4 is 34.4 Å². The number of nitrogens with zero attached hydrogens (tertiary/aromatic N) is 1. The topological polar surface area (TPSA) is 88.7 Å². The van der Waals surface area contributed by atoms with Gasteiger partial charge >= 0.3 is 11.9 Å². The number of H-pyrrole nitrogens is 1. The minimum Gasteiger partial charge on any atom is -0.466 e. The summed E-state index contributed by atoms with van der Waals surface area (Å²) in [5.74, 6) is -0.153. The van der Waals surface area contributed by atoms with Crippen LogP contribution in [0.5, 0.6) is 5.75 Å². The number of fused-ring (bicyclic) bond motifs is 1. The van der Waals surface area contributed by atoms with Crippen LogP contribution in [0.1, 0.15) is 12.5 Å². The highest BCUT2D eigenvalue weighted by Gasteiger charge is 2.14. The zero-order valence-corrected chi connectivity index (χ0v) is 24.9. The van der Waals surface area contributed by atoms with Gasteiger partial charge in [0.05, 0.1) is 24.6 Å². The molecule has 0 saturated carbocycles. The van der Waals surface area contributed by atoms with Crippen molar-refractivity contribution in [3.63, 3.8) is 0 Å². The third-order valence-electron chi connectivity index (χ3n) is 6.89. The quantitative estimate of drug-likeness (QED) is 0.150. The molecule has 0 radical (unpaired) electrons. The normalized spacial score (nSPS) is 11.1. The van der Waals surface area contributed by atoms with E-state index in [1.807, 2.05) is 93.0 Å². The number of rotatable bonds is 9. The number of hydrogen-bond donors (Lipinski definition) is 1. The van der Waals surface area contributed by atoms with E-state index in [9.17, 15) is 14.4 Å². The first kappa shape index (κ1) is 29.8. The Kier molecular flexibility index (Phi) is 9.04. The van der Waals surface area contributed by atoms with Crippen LogP contribution in [-0.2, 0) is 20.7 Å². The lowest BCUT2D eigenvalue weighted by Crippen LogP contribution is -2.25. The molecule has 0 aliphatic rings. The number of ether oxygens (including phenoxy) is 2. The molecule has 1 heterocycles. The third-order valence-corrected chi connectivity index (χ3v) is 7.20. The first-order valence-electron chi connectivity index (χ1n) is 13.9. The number of esters is 2. The van der Waals surface area contributed by atoms with Crippen molar-refractivity contribution in [2.45, 2.75) is 13.3 Å². The maximum atomic E-state index is 13.0. The van der Waals surface area contributed by atoms with Gasteiger partial charge in [-0.2, -0.15) is 0 Å². The molecule has 1 aromatic heterocycles. The second-order valence-corrected chi connectivity index (χ2v) is 10.8. The number of likely N-dealkylation sites (N-methyl/N-ethyl adjacent to an activating group) is 1. The fourth-order valence-corrected chi connectivity index (χ4v) is 5.20. The van der Waals surface area contributed by atoms with Gasteiger partial charge in [-0.25, -0.2) is 0 Å². The highest BCUT2D eigenvalue weighted by atomic mass is 35.5. The predicted octanol–water partition coefficient (Wildman–Crippen LogP) is 6.76. The molecule has 0 amide bonds. The van der Waals surface area contributed by atoms with E-state index < -0.39 is 0 Å². The molecular formula is C35H31ClN2O5. The molecule has 0 bridgehead atoms. The lowest BCUT2D eigenvalue weighted by molar-refractivity contribution is -0.142. The van der Waals surface area contributed by atoms with Gasteiger partial charge in [-0.15, -0.1) is 0 Å². The lowest BCUT2D eigenvalue weighted by atomic mass is 9.97. The zero-order valence-electron chi connectivity index (χ0n) is 24.1. The molecule has 218 valence electrons. The Morgan fingerprint density at radius 3 is 2.21 bits per heavy atom. The summed E-state index contributed by atoms with van der Waals surface area (Å²) < 4.78 is 10.7. The number of hydrogen-bond acceptors (Lipinski definition) is 6. The SMILES string of the molecule is CCOC(=O)Cc1cccc(-c2cc3cc(-c4ccc(-c5ccccc5OC(=O)CN(C)C)cc4)c(Cl)cc3[nH]c2=O)c1. The van der Waals surface area contributed by atoms with Crippen LogP contribution >= 0.6 is 11.6 Å². The van der Waals surface area contributed by atoms with Crippen LogP contribution < -0.4 is 10.3 Å². The molecule has 4 aromatic carbocycles. The molecule has 0 atom stereocenters. The van der Waals surface area contributed by atoms with Crippen molar-refractivity contribution in [3.8, 4) is 39.1 Å². The summed E-state index contributed by atoms with van der Waals surface area (Å²) in [7, 11) is 3.63. The number of carbonyl (C=O) groups is 2. The number of para-hydroxylation sites is 1. The molecule has 0 aliphatic heterocycles. The van der Waals surface area contributed by atoms with Crippen molar-refractivity contribution in [3.05, 3.63) is 112 Å². The number of benzene rings is 4. The molecular weight excluding hydrogens is 564 g/mol. The summed E-state index contributed by atoms with van der Waals surface area (Å²) in [5, 5.41) is 1.31. The molecule has 7 nitrogen and oxygen atoms in total. The third kappa shape index (κ3) is 7.02. The Hall–Kier alpha value is -4.72. The highest BCUT2D eigenvalue weighted by Crippen LogP contribution is 2.35. The van der Waals surface area contributed by atoms with Gasteiger partial charge in [0, 0.05) is 22.2 Å². The van der Waals surface area contributed by atoms with Crippen LogP contribution in [0.2, 0.25) is 5.02 Å². The molecule has 0 aliphatic carbocycles. The minimum atomic E-state index is -0.333. The molecule has 0 spiro atoms. The molecule has 43 heavy (non-hydrogen) atoms. The van der Waals surface area contributed by atoms with Crippen LogP contribution in [-0.4, -0.2) is 49.1 Å². The Bertz CT molecular complexity index is 1860. The smallest absolute Gasteiger partial charge is 0.325 e. The fraction of sp³-hybridized carbons (Fsp3) is 0.171. The second kappa shape index (κ2) is 13.1. The van der Waals surface area contributed by atoms with Crippen molar-refractivity contribution < 1.29 is 19.1 Å². The summed E-state index contributed by atoms with van der Waals surface area (Å²) >= 11 is 6.70. The first-order chi connectivity index (χ1) is 20.7. The first-order valence-corrected chi connectivity index (χ1v) is 14.3. The second-order valence-electron chi connectivity index (χ2n) is 10.4. The minimum absolute atomic E-state index is 0.131. The van der Waals surface area contributed by atoms with E-state index in [-0.39, 0.29) is 30.5 Å². The summed E-state index contributed by atoms with van der Waals surface area (Å²) in [6.45, 7) is 2.26. The molecule has 8 heteroatoms. The Morgan fingerprint density at radius 1 is 0.791 bits per heavy atom. The number of nitrogens with one attached hydrogen (secondary N) is 1. The van der Waals surface area contributed by atoms with Crippen molar-refractivity contribution in [1.29, 1.82) is 0 Å². The number of pyridine rings is 1. The number of aromatic nitrogens is 1. The highest BCUT2D eigenvalue weighted by molar-refractivity contribution is 6.34. The number of aromatic amines is 1. The summed E-state index contributed by atoms with van der Waals surface area (Å²) in [6.07, 6.45) is 0.131. The largest absolute Gasteiger partial charge is 0.466 e. The number of carbonyl (C=O) groups excluding carboxylic acids is 2. The monoisotopic (exact) mass is 594 g/mol. The van der Waals surface area contributed by atoms with Gasteiger partial charge in [0.2, 0.25) is 0 Å². The van der Waals surface area contributed by atoms with E-state index in [1.165, 1.54) is 0 Å². The summed E-state index contributed by atoms with van der Waals surface area (Å²) in [5.41, 5.74) is 5.72. The standard InChI is InChI=1S/C35H31ClN2O5/c1-4-42-33(39)17-22-8-7-9-25(16-22)29-19-26-18-28(30(36)20-31(26)37-35(29)41)24-14-12-23(13-15-24)27-10-5-6-11-32(27)43-34(40)21-38(2)3/h5-16,18-20H,4,17,21H2,1-3H3,(H,37,41). The van der Waals surface area contributed by atoms with E-state index in [4.69, 9.17) is 21.1 Å². The fourth-order valence-electron chi connectivity index (χ4n) is 4.93. The number of halogens is 1. The van der Waals surface area contributed by atoms with E-state index in [1.54, 1.807) is 24.0 Å². The van der Waals surface area contributed by atoms with Crippen LogP contribution in [0.3, 0.4) is 0 Å². The van der Waals surface area contributed by atoms with Crippen molar-refractivity contribution in [2.24, 2.45) is 0 Å². The van der Waals surface area contributed by atoms with Gasteiger partial charge in [0.25, 0.3) is 5.56 Å². The average Bonchev–Trinajstić information content (AvgIpc) is 2.97. The van der Waals surface area contributed by atoms with E-state index in [0.29, 0.717) is 34.0 Å². The van der Waals surface area contributed by atoms with Gasteiger partial charge in [-0.05, 0) is 72.9 Å². The maximum Gasteiger partial charge on any atom is 0.325 e. The van der Waals surface area contributed by atoms with Crippen LogP contribution in [0, 0.1) is 0 Å². The average molecular weight is 595 g/mol. The van der Waals surface area contributed by atoms with Crippen LogP contribution in [0.15, 0.2) is 95.8 Å². The van der Waals surface area contributed by atoms with E-state index in [0.717, 1.165) is 33.2 Å². The van der Waals surface area contributed by atoms with Gasteiger partial charge in [-0.3, -0.25) is 19.3 Å². The molecule has 0 unspecified atom stereocenters. The van der Waals surface area contributed by atoms with Crippen molar-refractivity contribution in [2.75, 3.05) is 27.2 Å². The predicted molar refractivity (Wildman–Crippen MR) is 170 cm³/mol. The maximum absolute atomic E-state index is 13.0. The summed E-state index contributed by atoms with van der Waals surface area (Å²) in [4.78, 5) is 42.0. The van der Waals surface area contributed by atoms with E-state index in [2.05, 4.69) is 4.98 Å². The summed E-state index contributed by atoms with van der Waals surface area (Å²) in [6, 6.07) is 28.2. The Balaban J connectivity index is 1.46. The lowest BCUT2D eigenvalue weighted by Gasteiger charge is -2.13. The van der Waals surface area contributed by atoms with Crippen LogP contribution in [0.4, 0.5) is 0 Å². The zero-order chi connectivity index (χ0) is 30.5. The van der Waals surface area contributed by atoms with E-state index >= 15 is 0 Å².